The third kappa shape index (κ3) is 3.60. The Morgan fingerprint density at radius 1 is 0.527 bits per heavy atom. The van der Waals surface area contributed by atoms with Crippen molar-refractivity contribution in [3.05, 3.63) is 145 Å². The average Bonchev–Trinajstić information content (AvgIpc) is 3.87. The summed E-state index contributed by atoms with van der Waals surface area (Å²) < 4.78 is 16.5. The number of anilines is 6. The van der Waals surface area contributed by atoms with Gasteiger partial charge in [-0.3, -0.25) is 0 Å². The summed E-state index contributed by atoms with van der Waals surface area (Å²) in [5.41, 5.74) is 19.0. The van der Waals surface area contributed by atoms with Gasteiger partial charge in [-0.2, -0.15) is 0 Å². The van der Waals surface area contributed by atoms with Gasteiger partial charge in [0.1, 0.15) is 11.2 Å². The van der Waals surface area contributed by atoms with Crippen LogP contribution in [0.4, 0.5) is 34.1 Å². The van der Waals surface area contributed by atoms with E-state index in [-0.39, 0.29) is 12.1 Å². The third-order valence-corrected chi connectivity index (χ3v) is 12.5. The molecule has 6 heterocycles. The number of nitrogens with zero attached hydrogens (tertiary/aromatic N) is 3. The Bertz CT molecular complexity index is 3360. The van der Waals surface area contributed by atoms with Crippen molar-refractivity contribution in [2.45, 2.75) is 33.1 Å². The molecule has 0 N–H and O–H groups in total. The highest BCUT2D eigenvalue weighted by molar-refractivity contribution is 7.00. The summed E-state index contributed by atoms with van der Waals surface area (Å²) in [6, 6.07) is 48.9. The van der Waals surface area contributed by atoms with Crippen LogP contribution in [0.1, 0.15) is 31.9 Å². The minimum Gasteiger partial charge on any atom is -0.468 e. The molecule has 5 nitrogen and oxygen atoms in total. The highest BCUT2D eigenvalue weighted by Gasteiger charge is 2.49. The summed E-state index contributed by atoms with van der Waals surface area (Å²) in [4.78, 5) is 5.00. The molecule has 3 aliphatic heterocycles. The van der Waals surface area contributed by atoms with Crippen molar-refractivity contribution in [1.29, 1.82) is 0 Å². The lowest BCUT2D eigenvalue weighted by molar-refractivity contribution is 0.590. The van der Waals surface area contributed by atoms with Crippen LogP contribution in [0, 0.1) is 6.92 Å². The molecule has 0 radical (unpaired) electrons. The number of benzene rings is 7. The summed E-state index contributed by atoms with van der Waals surface area (Å²) in [5.74, 6) is 0. The summed E-state index contributed by atoms with van der Waals surface area (Å²) in [6.45, 7) is 8.94. The maximum absolute atomic E-state index is 7.23. The molecule has 10 aromatic rings. The van der Waals surface area contributed by atoms with Crippen molar-refractivity contribution < 1.29 is 8.83 Å². The van der Waals surface area contributed by atoms with E-state index < -0.39 is 0 Å². The number of hydrogen-bond acceptors (Lipinski definition) is 4. The van der Waals surface area contributed by atoms with E-state index in [2.05, 4.69) is 169 Å². The van der Waals surface area contributed by atoms with E-state index in [0.717, 1.165) is 55.6 Å². The first kappa shape index (κ1) is 29.8. The molecule has 7 aromatic carbocycles. The fourth-order valence-electron chi connectivity index (χ4n) is 10.1. The number of fused-ring (bicyclic) bond motifs is 14. The number of rotatable bonds is 1. The Kier molecular flexibility index (Phi) is 5.36. The van der Waals surface area contributed by atoms with Gasteiger partial charge in [0.2, 0.25) is 0 Å². The van der Waals surface area contributed by atoms with E-state index in [0.29, 0.717) is 0 Å². The average molecular weight is 708 g/mol. The van der Waals surface area contributed by atoms with Gasteiger partial charge in [0.15, 0.2) is 5.58 Å². The second kappa shape index (κ2) is 9.90. The lowest BCUT2D eigenvalue weighted by Gasteiger charge is -2.44. The van der Waals surface area contributed by atoms with Gasteiger partial charge in [-0.05, 0) is 89.0 Å². The number of hydrogen-bond donors (Lipinski definition) is 0. The van der Waals surface area contributed by atoms with Crippen molar-refractivity contribution in [2.24, 2.45) is 0 Å². The molecule has 0 amide bonds. The largest absolute Gasteiger partial charge is 0.468 e. The fourth-order valence-corrected chi connectivity index (χ4v) is 10.1. The standard InChI is InChI=1S/C49H34BN3O2/c1-27-24-39-43-40(25-27)53(38-20-10-15-32-30-13-6-8-21-41(30)54-47(32)38)45-33-26-28(49(2,3)4)22-23-42(33)55-48(45)50(43)34-16-11-19-37-46(34)52(39)36-18-9-14-31-29-12-5-7-17-35(29)51(37)44(31)36/h5-26H,1-4H3. The predicted octanol–water partition coefficient (Wildman–Crippen LogP) is 11.4. The maximum Gasteiger partial charge on any atom is 0.297 e. The Balaban J connectivity index is 1.20. The van der Waals surface area contributed by atoms with Gasteiger partial charge in [-0.25, -0.2) is 0 Å². The molecule has 0 bridgehead atoms. The van der Waals surface area contributed by atoms with Gasteiger partial charge in [0.05, 0.1) is 45.1 Å². The minimum atomic E-state index is -0.133. The Labute approximate surface area is 317 Å². The van der Waals surface area contributed by atoms with Crippen LogP contribution in [0.2, 0.25) is 0 Å². The van der Waals surface area contributed by atoms with Gasteiger partial charge < -0.3 is 23.2 Å². The zero-order chi connectivity index (χ0) is 36.5. The Morgan fingerprint density at radius 2 is 1.20 bits per heavy atom. The van der Waals surface area contributed by atoms with E-state index in [9.17, 15) is 0 Å². The lowest BCUT2D eigenvalue weighted by atomic mass is 9.35. The van der Waals surface area contributed by atoms with Crippen LogP contribution < -0.4 is 26.4 Å². The van der Waals surface area contributed by atoms with Gasteiger partial charge in [0.25, 0.3) is 6.71 Å². The fraction of sp³-hybridized carbons (Fsp3) is 0.102. The molecule has 260 valence electrons. The number of aryl methyl sites for hydroxylation is 1. The second-order valence-corrected chi connectivity index (χ2v) is 16.6. The number of furan rings is 2. The molecular weight excluding hydrogens is 673 g/mol. The summed E-state index contributed by atoms with van der Waals surface area (Å²) in [6.07, 6.45) is 0. The second-order valence-electron chi connectivity index (χ2n) is 16.6. The molecule has 55 heavy (non-hydrogen) atoms. The highest BCUT2D eigenvalue weighted by atomic mass is 16.3. The van der Waals surface area contributed by atoms with Gasteiger partial charge in [-0.15, -0.1) is 0 Å². The van der Waals surface area contributed by atoms with Crippen molar-refractivity contribution in [2.75, 3.05) is 9.80 Å². The molecule has 3 aromatic heterocycles. The predicted molar refractivity (Wildman–Crippen MR) is 229 cm³/mol. The molecule has 0 aliphatic carbocycles. The molecule has 13 rings (SSSR count). The van der Waals surface area contributed by atoms with Gasteiger partial charge in [0, 0.05) is 38.3 Å². The van der Waals surface area contributed by atoms with E-state index >= 15 is 0 Å². The van der Waals surface area contributed by atoms with E-state index in [1.807, 2.05) is 6.07 Å². The maximum atomic E-state index is 7.23. The van der Waals surface area contributed by atoms with E-state index in [4.69, 9.17) is 8.83 Å². The Hall–Kier alpha value is -6.66. The first-order valence-corrected chi connectivity index (χ1v) is 19.2. The van der Waals surface area contributed by atoms with Gasteiger partial charge >= 0.3 is 0 Å². The summed E-state index contributed by atoms with van der Waals surface area (Å²) in [7, 11) is 0. The molecule has 0 unspecified atom stereocenters. The number of aromatic nitrogens is 1. The quantitative estimate of drug-likeness (QED) is 0.159. The topological polar surface area (TPSA) is 37.7 Å². The van der Waals surface area contributed by atoms with Crippen molar-refractivity contribution in [3.8, 4) is 5.69 Å². The monoisotopic (exact) mass is 707 g/mol. The van der Waals surface area contributed by atoms with Crippen LogP contribution in [0.5, 0.6) is 0 Å². The van der Waals surface area contributed by atoms with Crippen molar-refractivity contribution in [1.82, 2.24) is 4.57 Å². The zero-order valence-electron chi connectivity index (χ0n) is 30.9. The Morgan fingerprint density at radius 3 is 2.04 bits per heavy atom. The molecule has 6 heteroatoms. The van der Waals surface area contributed by atoms with Crippen LogP contribution >= 0.6 is 0 Å². The van der Waals surface area contributed by atoms with Crippen molar-refractivity contribution in [3.63, 3.8) is 0 Å². The lowest BCUT2D eigenvalue weighted by Crippen LogP contribution is -2.61. The van der Waals surface area contributed by atoms with Gasteiger partial charge in [-0.1, -0.05) is 99.6 Å². The number of para-hydroxylation sites is 5. The molecule has 0 spiro atoms. The minimum absolute atomic E-state index is 0.0413. The molecule has 0 fully saturated rings. The molecular formula is C49H34BN3O2. The highest BCUT2D eigenvalue weighted by Crippen LogP contribution is 2.54. The van der Waals surface area contributed by atoms with Crippen LogP contribution in [0.3, 0.4) is 0 Å². The molecule has 0 saturated heterocycles. The van der Waals surface area contributed by atoms with Crippen LogP contribution in [0.15, 0.2) is 142 Å². The third-order valence-electron chi connectivity index (χ3n) is 12.5. The van der Waals surface area contributed by atoms with E-state index in [1.165, 1.54) is 66.6 Å². The summed E-state index contributed by atoms with van der Waals surface area (Å²) >= 11 is 0. The van der Waals surface area contributed by atoms with Crippen LogP contribution in [-0.4, -0.2) is 11.3 Å². The normalized spacial score (nSPS) is 14.1. The molecule has 0 saturated carbocycles. The first-order chi connectivity index (χ1) is 26.8. The zero-order valence-corrected chi connectivity index (χ0v) is 30.9. The van der Waals surface area contributed by atoms with E-state index in [1.54, 1.807) is 0 Å². The molecule has 3 aliphatic rings. The molecule has 0 atom stereocenters. The van der Waals surface area contributed by atoms with Crippen LogP contribution in [0.25, 0.3) is 60.4 Å². The van der Waals surface area contributed by atoms with Crippen LogP contribution in [-0.2, 0) is 5.41 Å². The summed E-state index contributed by atoms with van der Waals surface area (Å²) in [5, 5.41) is 5.86. The SMILES string of the molecule is Cc1cc2c3c(c1)N1c4c(cccc4-n4c5ccccc5c5cccc1c54)B3c1oc3ccc(C(C)(C)C)cc3c1N2c1cccc2c1oc1ccccc12. The smallest absolute Gasteiger partial charge is 0.297 e. The van der Waals surface area contributed by atoms with Crippen molar-refractivity contribution >= 4 is 112 Å². The first-order valence-electron chi connectivity index (χ1n) is 19.2.